The van der Waals surface area contributed by atoms with Crippen LogP contribution in [0.2, 0.25) is 0 Å². The molecule has 0 amide bonds. The first-order valence-corrected chi connectivity index (χ1v) is 4.20. The average molecular weight is 207 g/mol. The number of pyridine rings is 1. The molecule has 2 aromatic rings. The second-order valence-corrected chi connectivity index (χ2v) is 2.91. The van der Waals surface area contributed by atoms with Crippen LogP contribution in [0.1, 0.15) is 0 Å². The van der Waals surface area contributed by atoms with Gasteiger partial charge in [-0.25, -0.2) is 9.67 Å². The van der Waals surface area contributed by atoms with E-state index in [0.29, 0.717) is 0 Å². The highest BCUT2D eigenvalue weighted by Crippen LogP contribution is 2.02. The molecule has 0 aliphatic heterocycles. The molecule has 76 valence electrons. The lowest BCUT2D eigenvalue weighted by Gasteiger charge is -1.98. The predicted molar refractivity (Wildman–Crippen MR) is 51.1 cm³/mol. The first kappa shape index (κ1) is 9.82. The van der Waals surface area contributed by atoms with Crippen LogP contribution in [0, 0.1) is 5.95 Å². The van der Waals surface area contributed by atoms with E-state index in [1.54, 1.807) is 6.07 Å². The highest BCUT2D eigenvalue weighted by Gasteiger charge is 2.13. The summed E-state index contributed by atoms with van der Waals surface area (Å²) in [6, 6.07) is 4.27. The third kappa shape index (κ3) is 2.03. The van der Waals surface area contributed by atoms with Crippen LogP contribution in [-0.4, -0.2) is 31.9 Å². The van der Waals surface area contributed by atoms with Gasteiger partial charge in [0.1, 0.15) is 0 Å². The number of rotatable bonds is 2. The summed E-state index contributed by atoms with van der Waals surface area (Å²) in [6.07, 6.45) is 2.64. The second-order valence-electron chi connectivity index (χ2n) is 2.91. The fraction of sp³-hybridized carbons (Fsp3) is 0. The van der Waals surface area contributed by atoms with Gasteiger partial charge in [-0.15, -0.1) is 0 Å². The zero-order chi connectivity index (χ0) is 10.8. The molecule has 0 aromatic carbocycles. The summed E-state index contributed by atoms with van der Waals surface area (Å²) in [7, 11) is -1.59. The molecule has 2 rings (SSSR count). The van der Waals surface area contributed by atoms with Gasteiger partial charge in [0.15, 0.2) is 5.82 Å². The van der Waals surface area contributed by atoms with Crippen LogP contribution in [0.15, 0.2) is 30.6 Å². The van der Waals surface area contributed by atoms with Gasteiger partial charge in [-0.05, 0) is 12.1 Å². The van der Waals surface area contributed by atoms with Gasteiger partial charge in [0.05, 0.1) is 0 Å². The van der Waals surface area contributed by atoms with E-state index in [-0.39, 0.29) is 11.3 Å². The highest BCUT2D eigenvalue weighted by atomic mass is 19.1. The van der Waals surface area contributed by atoms with Crippen molar-refractivity contribution in [2.75, 3.05) is 0 Å². The molecule has 0 aliphatic carbocycles. The van der Waals surface area contributed by atoms with Gasteiger partial charge >= 0.3 is 7.12 Å². The Balaban J connectivity index is 2.37. The Bertz CT molecular complexity index is 474. The highest BCUT2D eigenvalue weighted by molar-refractivity contribution is 6.58. The van der Waals surface area contributed by atoms with Gasteiger partial charge in [0.25, 0.3) is 0 Å². The van der Waals surface area contributed by atoms with E-state index in [0.717, 1.165) is 0 Å². The van der Waals surface area contributed by atoms with Crippen LogP contribution in [-0.2, 0) is 0 Å². The molecule has 15 heavy (non-hydrogen) atoms. The van der Waals surface area contributed by atoms with E-state index in [2.05, 4.69) is 10.1 Å². The standard InChI is InChI=1S/C8H7BFN3O2/c10-7-2-1-3-8(12-7)13-5-6(4-11-13)9(14)15/h1-5,14-15H. The summed E-state index contributed by atoms with van der Waals surface area (Å²) in [6.45, 7) is 0. The molecular formula is C8H7BFN3O2. The molecule has 0 bridgehead atoms. The SMILES string of the molecule is OB(O)c1cnn(-c2cccc(F)n2)c1. The Hall–Kier alpha value is -1.73. The molecule has 2 N–H and O–H groups in total. The minimum atomic E-state index is -1.59. The summed E-state index contributed by atoms with van der Waals surface area (Å²) in [5, 5.41) is 21.5. The molecule has 2 aromatic heterocycles. The van der Waals surface area contributed by atoms with Crippen molar-refractivity contribution in [3.63, 3.8) is 0 Å². The molecule has 0 unspecified atom stereocenters. The minimum Gasteiger partial charge on any atom is -0.423 e. The Morgan fingerprint density at radius 1 is 1.33 bits per heavy atom. The molecule has 0 aliphatic rings. The summed E-state index contributed by atoms with van der Waals surface area (Å²) < 4.78 is 14.0. The average Bonchev–Trinajstić information content (AvgIpc) is 2.66. The molecule has 5 nitrogen and oxygen atoms in total. The summed E-state index contributed by atoms with van der Waals surface area (Å²) in [5.41, 5.74) is 0.223. The van der Waals surface area contributed by atoms with Gasteiger partial charge in [-0.2, -0.15) is 9.49 Å². The smallest absolute Gasteiger partial charge is 0.423 e. The molecule has 0 atom stereocenters. The largest absolute Gasteiger partial charge is 0.491 e. The van der Waals surface area contributed by atoms with Crippen molar-refractivity contribution in [1.29, 1.82) is 0 Å². The monoisotopic (exact) mass is 207 g/mol. The van der Waals surface area contributed by atoms with E-state index in [4.69, 9.17) is 10.0 Å². The van der Waals surface area contributed by atoms with E-state index in [1.807, 2.05) is 0 Å². The number of hydrogen-bond donors (Lipinski definition) is 2. The van der Waals surface area contributed by atoms with Gasteiger partial charge in [-0.3, -0.25) is 0 Å². The number of aromatic nitrogens is 3. The first-order valence-electron chi connectivity index (χ1n) is 4.20. The van der Waals surface area contributed by atoms with Gasteiger partial charge < -0.3 is 10.0 Å². The van der Waals surface area contributed by atoms with E-state index >= 15 is 0 Å². The number of halogens is 1. The molecular weight excluding hydrogens is 200 g/mol. The van der Waals surface area contributed by atoms with Crippen LogP contribution in [0.3, 0.4) is 0 Å². The molecule has 0 saturated heterocycles. The van der Waals surface area contributed by atoms with Crippen LogP contribution >= 0.6 is 0 Å². The van der Waals surface area contributed by atoms with Gasteiger partial charge in [0.2, 0.25) is 5.95 Å². The maximum Gasteiger partial charge on any atom is 0.491 e. The van der Waals surface area contributed by atoms with Crippen molar-refractivity contribution < 1.29 is 14.4 Å². The van der Waals surface area contributed by atoms with Crippen molar-refractivity contribution in [1.82, 2.24) is 14.8 Å². The predicted octanol–water partition coefficient (Wildman–Crippen LogP) is -0.914. The van der Waals surface area contributed by atoms with E-state index in [1.165, 1.54) is 29.2 Å². The zero-order valence-corrected chi connectivity index (χ0v) is 7.58. The lowest BCUT2D eigenvalue weighted by Crippen LogP contribution is -2.28. The topological polar surface area (TPSA) is 71.2 Å². The van der Waals surface area contributed by atoms with E-state index < -0.39 is 13.1 Å². The van der Waals surface area contributed by atoms with Crippen molar-refractivity contribution in [2.24, 2.45) is 0 Å². The minimum absolute atomic E-state index is 0.223. The van der Waals surface area contributed by atoms with Crippen molar-refractivity contribution >= 4 is 12.6 Å². The first-order chi connectivity index (χ1) is 7.16. The van der Waals surface area contributed by atoms with Gasteiger partial charge in [-0.1, -0.05) is 6.07 Å². The maximum atomic E-state index is 12.8. The fourth-order valence-corrected chi connectivity index (χ4v) is 1.12. The van der Waals surface area contributed by atoms with E-state index in [9.17, 15) is 4.39 Å². The summed E-state index contributed by atoms with van der Waals surface area (Å²) >= 11 is 0. The molecule has 0 saturated carbocycles. The molecule has 0 spiro atoms. The molecule has 0 radical (unpaired) electrons. The van der Waals surface area contributed by atoms with Crippen molar-refractivity contribution in [3.05, 3.63) is 36.5 Å². The maximum absolute atomic E-state index is 12.8. The number of hydrogen-bond acceptors (Lipinski definition) is 4. The van der Waals surface area contributed by atoms with Crippen LogP contribution in [0.4, 0.5) is 4.39 Å². The third-order valence-electron chi connectivity index (χ3n) is 1.84. The summed E-state index contributed by atoms with van der Waals surface area (Å²) in [5.74, 6) is -0.337. The van der Waals surface area contributed by atoms with Crippen LogP contribution in [0.25, 0.3) is 5.82 Å². The molecule has 7 heteroatoms. The summed E-state index contributed by atoms with van der Waals surface area (Å²) in [4.78, 5) is 3.59. The molecule has 0 fully saturated rings. The Morgan fingerprint density at radius 3 is 2.73 bits per heavy atom. The Morgan fingerprint density at radius 2 is 2.13 bits per heavy atom. The fourth-order valence-electron chi connectivity index (χ4n) is 1.12. The lowest BCUT2D eigenvalue weighted by molar-refractivity contribution is 0.426. The van der Waals surface area contributed by atoms with Crippen LogP contribution in [0.5, 0.6) is 0 Å². The Kier molecular flexibility index (Phi) is 2.48. The van der Waals surface area contributed by atoms with Crippen molar-refractivity contribution in [2.45, 2.75) is 0 Å². The van der Waals surface area contributed by atoms with Gasteiger partial charge in [0, 0.05) is 17.9 Å². The third-order valence-corrected chi connectivity index (χ3v) is 1.84. The second kappa shape index (κ2) is 3.80. The molecule has 2 heterocycles. The normalized spacial score (nSPS) is 10.3. The van der Waals surface area contributed by atoms with Crippen molar-refractivity contribution in [3.8, 4) is 5.82 Å². The zero-order valence-electron chi connectivity index (χ0n) is 7.58. The number of nitrogens with zero attached hydrogens (tertiary/aromatic N) is 3. The quantitative estimate of drug-likeness (QED) is 0.493. The lowest BCUT2D eigenvalue weighted by atomic mass is 9.83. The van der Waals surface area contributed by atoms with Crippen LogP contribution < -0.4 is 5.46 Å². The Labute approximate surface area is 85.0 Å².